The van der Waals surface area contributed by atoms with E-state index in [2.05, 4.69) is 15.5 Å². The van der Waals surface area contributed by atoms with E-state index in [9.17, 15) is 9.18 Å². The summed E-state index contributed by atoms with van der Waals surface area (Å²) in [5, 5.41) is 6.17. The molecule has 6 heteroatoms. The molecule has 1 amide bonds. The van der Waals surface area contributed by atoms with Crippen LogP contribution in [0.25, 0.3) is 11.5 Å². The Bertz CT molecular complexity index is 754. The highest BCUT2D eigenvalue weighted by atomic mass is 19.1. The van der Waals surface area contributed by atoms with E-state index in [1.54, 1.807) is 0 Å². The molecule has 2 aromatic carbocycles. The molecule has 5 nitrogen and oxygen atoms in total. The predicted octanol–water partition coefficient (Wildman–Crippen LogP) is 3.13. The van der Waals surface area contributed by atoms with Gasteiger partial charge < -0.3 is 4.52 Å². The Hall–Kier alpha value is -3.02. The third kappa shape index (κ3) is 2.94. The number of amides is 1. The molecule has 21 heavy (non-hydrogen) atoms. The first kappa shape index (κ1) is 13.0. The maximum Gasteiger partial charge on any atom is 0.270 e. The molecular weight excluding hydrogens is 273 g/mol. The number of carbonyl (C=O) groups excluding carboxylic acids is 1. The number of hydrogen-bond acceptors (Lipinski definition) is 4. The summed E-state index contributed by atoms with van der Waals surface area (Å²) in [6.07, 6.45) is 0. The van der Waals surface area contributed by atoms with E-state index >= 15 is 0 Å². The van der Waals surface area contributed by atoms with Crippen molar-refractivity contribution in [2.75, 3.05) is 5.32 Å². The molecule has 1 N–H and O–H groups in total. The van der Waals surface area contributed by atoms with Crippen LogP contribution < -0.4 is 5.32 Å². The normalized spacial score (nSPS) is 10.3. The first-order chi connectivity index (χ1) is 10.2. The molecule has 0 aliphatic heterocycles. The molecule has 0 fully saturated rings. The van der Waals surface area contributed by atoms with Gasteiger partial charge in [-0.25, -0.2) is 4.39 Å². The number of nitrogens with one attached hydrogen (secondary N) is 1. The zero-order chi connectivity index (χ0) is 14.7. The second-order valence-corrected chi connectivity index (χ2v) is 4.25. The van der Waals surface area contributed by atoms with Gasteiger partial charge in [0.2, 0.25) is 0 Å². The van der Waals surface area contributed by atoms with E-state index < -0.39 is 11.7 Å². The van der Waals surface area contributed by atoms with Gasteiger partial charge in [-0.2, -0.15) is 4.98 Å². The van der Waals surface area contributed by atoms with Crippen molar-refractivity contribution in [2.24, 2.45) is 0 Å². The molecule has 0 aliphatic rings. The minimum atomic E-state index is -0.435. The van der Waals surface area contributed by atoms with Crippen molar-refractivity contribution < 1.29 is 13.7 Å². The second-order valence-electron chi connectivity index (χ2n) is 4.25. The molecule has 0 aliphatic carbocycles. The standard InChI is InChI=1S/C15H10FN3O2/c16-12-8-6-10(7-9-12)13(20)17-15-18-14(21-19-15)11-4-2-1-3-5-11/h1-9H,(H,17,19,20). The summed E-state index contributed by atoms with van der Waals surface area (Å²) in [5.41, 5.74) is 1.06. The molecule has 3 aromatic rings. The molecule has 0 saturated heterocycles. The van der Waals surface area contributed by atoms with Crippen LogP contribution in [0.2, 0.25) is 0 Å². The van der Waals surface area contributed by atoms with Crippen LogP contribution >= 0.6 is 0 Å². The molecule has 0 radical (unpaired) electrons. The molecular formula is C15H10FN3O2. The average Bonchev–Trinajstić information content (AvgIpc) is 2.97. The summed E-state index contributed by atoms with van der Waals surface area (Å²) in [7, 11) is 0. The summed E-state index contributed by atoms with van der Waals surface area (Å²) in [6, 6.07) is 14.4. The molecule has 3 rings (SSSR count). The summed E-state index contributed by atoms with van der Waals surface area (Å²) >= 11 is 0. The highest BCUT2D eigenvalue weighted by Crippen LogP contribution is 2.18. The number of nitrogens with zero attached hydrogens (tertiary/aromatic N) is 2. The van der Waals surface area contributed by atoms with E-state index in [1.807, 2.05) is 30.3 Å². The number of rotatable bonds is 3. The molecule has 0 spiro atoms. The van der Waals surface area contributed by atoms with Crippen molar-refractivity contribution in [3.63, 3.8) is 0 Å². The predicted molar refractivity (Wildman–Crippen MR) is 74.1 cm³/mol. The fourth-order valence-electron chi connectivity index (χ4n) is 1.75. The lowest BCUT2D eigenvalue weighted by atomic mass is 10.2. The summed E-state index contributed by atoms with van der Waals surface area (Å²) in [4.78, 5) is 16.0. The van der Waals surface area contributed by atoms with Crippen LogP contribution in [0.1, 0.15) is 10.4 Å². The quantitative estimate of drug-likeness (QED) is 0.801. The minimum absolute atomic E-state index is 0.0585. The molecule has 0 atom stereocenters. The van der Waals surface area contributed by atoms with Crippen molar-refractivity contribution in [1.29, 1.82) is 0 Å². The summed E-state index contributed by atoms with van der Waals surface area (Å²) < 4.78 is 17.9. The van der Waals surface area contributed by atoms with Gasteiger partial charge in [0.1, 0.15) is 5.82 Å². The fourth-order valence-corrected chi connectivity index (χ4v) is 1.75. The smallest absolute Gasteiger partial charge is 0.270 e. The number of hydrogen-bond donors (Lipinski definition) is 1. The maximum atomic E-state index is 12.8. The van der Waals surface area contributed by atoms with Gasteiger partial charge in [0, 0.05) is 11.1 Å². The highest BCUT2D eigenvalue weighted by molar-refractivity contribution is 6.03. The van der Waals surface area contributed by atoms with Crippen molar-refractivity contribution in [2.45, 2.75) is 0 Å². The van der Waals surface area contributed by atoms with Crippen molar-refractivity contribution in [3.05, 3.63) is 66.0 Å². The van der Waals surface area contributed by atoms with Gasteiger partial charge in [-0.15, -0.1) is 0 Å². The third-order valence-corrected chi connectivity index (χ3v) is 2.78. The monoisotopic (exact) mass is 283 g/mol. The van der Waals surface area contributed by atoms with Crippen LogP contribution in [0.5, 0.6) is 0 Å². The van der Waals surface area contributed by atoms with Crippen LogP contribution in [0, 0.1) is 5.82 Å². The molecule has 0 saturated carbocycles. The Morgan fingerprint density at radius 1 is 1.05 bits per heavy atom. The highest BCUT2D eigenvalue weighted by Gasteiger charge is 2.12. The number of carbonyl (C=O) groups is 1. The zero-order valence-electron chi connectivity index (χ0n) is 10.8. The molecule has 1 aromatic heterocycles. The Morgan fingerprint density at radius 3 is 2.48 bits per heavy atom. The van der Waals surface area contributed by atoms with Crippen LogP contribution in [-0.4, -0.2) is 16.0 Å². The van der Waals surface area contributed by atoms with E-state index in [0.717, 1.165) is 5.56 Å². The Morgan fingerprint density at radius 2 is 1.76 bits per heavy atom. The van der Waals surface area contributed by atoms with Gasteiger partial charge >= 0.3 is 0 Å². The summed E-state index contributed by atoms with van der Waals surface area (Å²) in [6.45, 7) is 0. The van der Waals surface area contributed by atoms with Crippen molar-refractivity contribution in [1.82, 2.24) is 10.1 Å². The van der Waals surface area contributed by atoms with Crippen LogP contribution in [0.15, 0.2) is 59.1 Å². The third-order valence-electron chi connectivity index (χ3n) is 2.78. The SMILES string of the molecule is O=C(Nc1noc(-c2ccccc2)n1)c1ccc(F)cc1. The number of aromatic nitrogens is 2. The number of halogens is 1. The molecule has 1 heterocycles. The molecule has 0 unspecified atom stereocenters. The number of anilines is 1. The van der Waals surface area contributed by atoms with Gasteiger partial charge in [0.25, 0.3) is 17.7 Å². The second kappa shape index (κ2) is 5.54. The molecule has 0 bridgehead atoms. The molecule has 104 valence electrons. The van der Waals surface area contributed by atoms with Gasteiger partial charge in [0.15, 0.2) is 0 Å². The first-order valence-corrected chi connectivity index (χ1v) is 6.18. The first-order valence-electron chi connectivity index (χ1n) is 6.18. The van der Waals surface area contributed by atoms with Gasteiger partial charge in [-0.3, -0.25) is 10.1 Å². The number of benzene rings is 2. The fraction of sp³-hybridized carbons (Fsp3) is 0. The largest absolute Gasteiger partial charge is 0.332 e. The maximum absolute atomic E-state index is 12.8. The Labute approximate surface area is 119 Å². The van der Waals surface area contributed by atoms with E-state index in [4.69, 9.17) is 4.52 Å². The lowest BCUT2D eigenvalue weighted by Crippen LogP contribution is -2.12. The van der Waals surface area contributed by atoms with Crippen LogP contribution in [-0.2, 0) is 0 Å². The van der Waals surface area contributed by atoms with Crippen molar-refractivity contribution in [3.8, 4) is 11.5 Å². The average molecular weight is 283 g/mol. The Kier molecular flexibility index (Phi) is 3.42. The minimum Gasteiger partial charge on any atom is -0.332 e. The van der Waals surface area contributed by atoms with Crippen LogP contribution in [0.3, 0.4) is 0 Å². The van der Waals surface area contributed by atoms with Crippen molar-refractivity contribution >= 4 is 11.9 Å². The zero-order valence-corrected chi connectivity index (χ0v) is 10.8. The lowest BCUT2D eigenvalue weighted by Gasteiger charge is -1.99. The van der Waals surface area contributed by atoms with E-state index in [-0.39, 0.29) is 5.95 Å². The Balaban J connectivity index is 1.75. The van der Waals surface area contributed by atoms with Gasteiger partial charge in [-0.05, 0) is 41.6 Å². The lowest BCUT2D eigenvalue weighted by molar-refractivity contribution is 0.102. The van der Waals surface area contributed by atoms with Crippen LogP contribution in [0.4, 0.5) is 10.3 Å². The van der Waals surface area contributed by atoms with E-state index in [0.29, 0.717) is 11.5 Å². The van der Waals surface area contributed by atoms with Gasteiger partial charge in [0.05, 0.1) is 0 Å². The van der Waals surface area contributed by atoms with Gasteiger partial charge in [-0.1, -0.05) is 18.2 Å². The summed E-state index contributed by atoms with van der Waals surface area (Å²) in [5.74, 6) is -0.471. The topological polar surface area (TPSA) is 68.0 Å². The van der Waals surface area contributed by atoms with E-state index in [1.165, 1.54) is 24.3 Å².